The summed E-state index contributed by atoms with van der Waals surface area (Å²) in [6.45, 7) is 0. The summed E-state index contributed by atoms with van der Waals surface area (Å²) in [5.74, 6) is 0. The molecule has 0 aromatic rings. The Kier molecular flexibility index (Phi) is 3.15. The van der Waals surface area contributed by atoms with Crippen LogP contribution in [0.1, 0.15) is 0 Å². The van der Waals surface area contributed by atoms with Crippen LogP contribution in [-0.2, 0) is 19.8 Å². The van der Waals surface area contributed by atoms with E-state index in [0.717, 1.165) is 0 Å². The van der Waals surface area contributed by atoms with Gasteiger partial charge < -0.3 is 0 Å². The van der Waals surface area contributed by atoms with Gasteiger partial charge >= 0.3 is 42.7 Å². The average molecular weight is 159 g/mol. The predicted molar refractivity (Wildman–Crippen MR) is 24.8 cm³/mol. The topological polar surface area (TPSA) is 68.3 Å². The Morgan fingerprint density at radius 1 is 0.857 bits per heavy atom. The molecule has 0 fully saturated rings. The first-order valence-electron chi connectivity index (χ1n) is 1.03. The maximum absolute atomic E-state index is 9.40. The van der Waals surface area contributed by atoms with Gasteiger partial charge in [-0.05, 0) is 0 Å². The van der Waals surface area contributed by atoms with E-state index in [1.165, 1.54) is 0 Å². The van der Waals surface area contributed by atoms with E-state index in [9.17, 15) is 16.8 Å². The first kappa shape index (κ1) is 7.07. The second kappa shape index (κ2) is 3.12. The molecule has 0 N–H and O–H groups in total. The summed E-state index contributed by atoms with van der Waals surface area (Å²) >= 11 is 0. The van der Waals surface area contributed by atoms with Gasteiger partial charge in [0, 0.05) is 0 Å². The van der Waals surface area contributed by atoms with Gasteiger partial charge in [0.15, 0.2) is 0 Å². The van der Waals surface area contributed by atoms with Crippen LogP contribution in [0.5, 0.6) is 0 Å². The fraction of sp³-hybridized carbons (Fsp3) is 0. The molecular formula is O4PS2. The van der Waals surface area contributed by atoms with E-state index in [1.54, 1.807) is 0 Å². The number of rotatable bonds is 0. The van der Waals surface area contributed by atoms with Gasteiger partial charge in [0.2, 0.25) is 0 Å². The van der Waals surface area contributed by atoms with Crippen molar-refractivity contribution >= 4 is 25.9 Å². The molecule has 0 amide bonds. The van der Waals surface area contributed by atoms with E-state index in [0.29, 0.717) is 0 Å². The van der Waals surface area contributed by atoms with Crippen LogP contribution in [0.15, 0.2) is 0 Å². The van der Waals surface area contributed by atoms with Crippen molar-refractivity contribution in [2.75, 3.05) is 0 Å². The normalized spacial score (nSPS) is 6.86. The molecule has 4 nitrogen and oxygen atoms in total. The molecule has 0 heterocycles. The fourth-order valence-electron chi connectivity index (χ4n) is 0.0497. The molecule has 0 spiro atoms. The molecule has 0 aromatic heterocycles. The van der Waals surface area contributed by atoms with Crippen molar-refractivity contribution in [1.82, 2.24) is 0 Å². The van der Waals surface area contributed by atoms with E-state index in [4.69, 9.17) is 0 Å². The molecule has 0 atom stereocenters. The van der Waals surface area contributed by atoms with Gasteiger partial charge in [-0.25, -0.2) is 0 Å². The molecule has 0 aromatic carbocycles. The van der Waals surface area contributed by atoms with Gasteiger partial charge in [0.1, 0.15) is 0 Å². The van der Waals surface area contributed by atoms with E-state index < -0.39 is 25.9 Å². The molecular weight excluding hydrogens is 159 g/mol. The van der Waals surface area contributed by atoms with Crippen LogP contribution in [0.25, 0.3) is 0 Å². The van der Waals surface area contributed by atoms with Crippen molar-refractivity contribution in [3.05, 3.63) is 0 Å². The molecule has 0 saturated heterocycles. The van der Waals surface area contributed by atoms with Crippen molar-refractivity contribution < 1.29 is 16.8 Å². The zero-order valence-corrected chi connectivity index (χ0v) is 5.42. The molecule has 0 rings (SSSR count). The van der Waals surface area contributed by atoms with Gasteiger partial charge in [-0.2, -0.15) is 0 Å². The maximum atomic E-state index is 9.40. The van der Waals surface area contributed by atoms with E-state index in [2.05, 4.69) is 0 Å². The Labute approximate surface area is 43.4 Å². The molecule has 0 unspecified atom stereocenters. The summed E-state index contributed by atoms with van der Waals surface area (Å²) in [5, 5.41) is 0. The average Bonchev–Trinajstić information content (AvgIpc) is 1.27. The third-order valence-corrected chi connectivity index (χ3v) is 3.29. The number of hydrogen-bond acceptors (Lipinski definition) is 4. The van der Waals surface area contributed by atoms with Crippen molar-refractivity contribution in [3.8, 4) is 0 Å². The van der Waals surface area contributed by atoms with Crippen LogP contribution in [0.2, 0.25) is 0 Å². The van der Waals surface area contributed by atoms with Crippen molar-refractivity contribution in [2.24, 2.45) is 0 Å². The van der Waals surface area contributed by atoms with Crippen LogP contribution in [0.3, 0.4) is 0 Å². The van der Waals surface area contributed by atoms with Gasteiger partial charge in [0.25, 0.3) is 0 Å². The van der Waals surface area contributed by atoms with Gasteiger partial charge in [0.05, 0.1) is 0 Å². The minimum atomic E-state index is -2.49. The Hall–Kier alpha value is 0.0700. The Balaban J connectivity index is 5.91. The quantitative estimate of drug-likeness (QED) is 0.447. The van der Waals surface area contributed by atoms with Gasteiger partial charge in [-0.3, -0.25) is 0 Å². The van der Waals surface area contributed by atoms with Crippen LogP contribution in [0.4, 0.5) is 0 Å². The first-order chi connectivity index (χ1) is 3.13. The van der Waals surface area contributed by atoms with Gasteiger partial charge in [-0.15, -0.1) is 0 Å². The first-order valence-corrected chi connectivity index (χ1v) is 5.29. The molecule has 0 aliphatic rings. The third kappa shape index (κ3) is 6.07. The molecule has 7 heavy (non-hydrogen) atoms. The van der Waals surface area contributed by atoms with Crippen molar-refractivity contribution in [3.63, 3.8) is 0 Å². The van der Waals surface area contributed by atoms with Crippen LogP contribution in [0, 0.1) is 0 Å². The zero-order valence-electron chi connectivity index (χ0n) is 2.90. The standard InChI is InChI=1S/O4PS2/c1-6(2)5-7(3)4. The molecule has 0 saturated carbocycles. The molecule has 0 aliphatic heterocycles. The monoisotopic (exact) mass is 159 g/mol. The van der Waals surface area contributed by atoms with Crippen LogP contribution < -0.4 is 0 Å². The van der Waals surface area contributed by atoms with Crippen LogP contribution in [-0.4, -0.2) is 16.8 Å². The molecule has 1 radical (unpaired) electrons. The zero-order chi connectivity index (χ0) is 5.86. The van der Waals surface area contributed by atoms with Crippen LogP contribution >= 0.6 is 6.13 Å². The summed E-state index contributed by atoms with van der Waals surface area (Å²) in [6, 6.07) is 0. The summed E-state index contributed by atoms with van der Waals surface area (Å²) in [5.41, 5.74) is 0. The second-order valence-electron chi connectivity index (χ2n) is 0.509. The predicted octanol–water partition coefficient (Wildman–Crippen LogP) is -0.479. The summed E-state index contributed by atoms with van der Waals surface area (Å²) in [6.07, 6.45) is -0.590. The molecule has 0 aliphatic carbocycles. The van der Waals surface area contributed by atoms with E-state index in [-0.39, 0.29) is 0 Å². The minimum absolute atomic E-state index is 0.590. The summed E-state index contributed by atoms with van der Waals surface area (Å²) < 4.78 is 37.6. The molecule has 0 bridgehead atoms. The fourth-order valence-corrected chi connectivity index (χ4v) is 1.34. The number of hydrogen-bond donors (Lipinski definition) is 0. The Morgan fingerprint density at radius 2 is 1.14 bits per heavy atom. The summed E-state index contributed by atoms with van der Waals surface area (Å²) in [7, 11) is -4.97. The summed E-state index contributed by atoms with van der Waals surface area (Å²) in [4.78, 5) is 0. The third-order valence-electron chi connectivity index (χ3n) is 0.122. The molecule has 41 valence electrons. The van der Waals surface area contributed by atoms with Crippen molar-refractivity contribution in [2.45, 2.75) is 0 Å². The Bertz CT molecular complexity index is 250. The van der Waals surface area contributed by atoms with E-state index >= 15 is 0 Å². The second-order valence-corrected chi connectivity index (χ2v) is 5.10. The Morgan fingerprint density at radius 3 is 1.14 bits per heavy atom. The van der Waals surface area contributed by atoms with Crippen molar-refractivity contribution in [1.29, 1.82) is 0 Å². The van der Waals surface area contributed by atoms with E-state index in [1.807, 2.05) is 0 Å². The SMILES string of the molecule is O=S(=O)=[P]=S(=O)=O. The molecule has 7 heteroatoms. The van der Waals surface area contributed by atoms with Gasteiger partial charge in [-0.1, -0.05) is 0 Å².